The number of nitrogens with zero attached hydrogens (tertiary/aromatic N) is 3. The first kappa shape index (κ1) is 16.9. The van der Waals surface area contributed by atoms with Crippen molar-refractivity contribution < 1.29 is 9.53 Å². The minimum Gasteiger partial charge on any atom is -0.384 e. The van der Waals surface area contributed by atoms with Gasteiger partial charge in [-0.25, -0.2) is 0 Å². The molecule has 1 aromatic heterocycles. The number of likely N-dealkylation sites (tertiary alicyclic amines) is 1. The lowest BCUT2D eigenvalue weighted by molar-refractivity contribution is -0.131. The van der Waals surface area contributed by atoms with Crippen molar-refractivity contribution in [1.82, 2.24) is 14.7 Å². The lowest BCUT2D eigenvalue weighted by Crippen LogP contribution is -2.39. The summed E-state index contributed by atoms with van der Waals surface area (Å²) < 4.78 is 7.32. The molecule has 0 bridgehead atoms. The molecule has 138 valence electrons. The van der Waals surface area contributed by atoms with Crippen molar-refractivity contribution in [3.63, 3.8) is 0 Å². The Morgan fingerprint density at radius 1 is 1.42 bits per heavy atom. The first-order valence-electron chi connectivity index (χ1n) is 9.09. The van der Waals surface area contributed by atoms with E-state index in [-0.39, 0.29) is 18.1 Å². The summed E-state index contributed by atoms with van der Waals surface area (Å²) in [6.45, 7) is 2.23. The smallest absolute Gasteiger partial charge is 0.227 e. The van der Waals surface area contributed by atoms with Crippen LogP contribution >= 0.6 is 0 Å². The van der Waals surface area contributed by atoms with Gasteiger partial charge in [-0.3, -0.25) is 9.48 Å². The molecule has 0 spiro atoms. The van der Waals surface area contributed by atoms with Crippen LogP contribution in [0.15, 0.2) is 30.5 Å². The number of amides is 1. The van der Waals surface area contributed by atoms with Gasteiger partial charge in [0.05, 0.1) is 25.1 Å². The molecule has 2 aliphatic rings. The van der Waals surface area contributed by atoms with Crippen molar-refractivity contribution in [3.05, 3.63) is 41.6 Å². The van der Waals surface area contributed by atoms with E-state index in [0.29, 0.717) is 25.3 Å². The van der Waals surface area contributed by atoms with Crippen LogP contribution in [0.3, 0.4) is 0 Å². The zero-order valence-corrected chi connectivity index (χ0v) is 15.0. The zero-order chi connectivity index (χ0) is 18.1. The molecular weight excluding hydrogens is 330 g/mol. The van der Waals surface area contributed by atoms with Gasteiger partial charge in [0.15, 0.2) is 0 Å². The molecule has 7 nitrogen and oxygen atoms in total. The molecule has 0 radical (unpaired) electrons. The number of hydrogen-bond donors (Lipinski definition) is 2. The van der Waals surface area contributed by atoms with Crippen molar-refractivity contribution in [2.45, 2.75) is 38.0 Å². The predicted octanol–water partition coefficient (Wildman–Crippen LogP) is 1.29. The van der Waals surface area contributed by atoms with Crippen LogP contribution in [0.5, 0.6) is 0 Å². The predicted molar refractivity (Wildman–Crippen MR) is 99.9 cm³/mol. The minimum atomic E-state index is 0.0681. The standard InChI is InChI=1S/C19H25N5O2/c1-26-16-10-15(11-23-7-5-18(20)22-23)24(12-16)19(25)9-13-2-3-14-4-6-21-17(14)8-13/h2-3,5,7-8,15-16,21H,4,6,9-12H2,1H3,(H2,20,22)/t15-,16+/m0/s1. The Hall–Kier alpha value is -2.54. The summed E-state index contributed by atoms with van der Waals surface area (Å²) in [5.74, 6) is 0.627. The fraction of sp³-hybridized carbons (Fsp3) is 0.474. The van der Waals surface area contributed by atoms with Crippen molar-refractivity contribution >= 4 is 17.4 Å². The number of fused-ring (bicyclic) bond motifs is 1. The Bertz CT molecular complexity index is 803. The molecule has 0 unspecified atom stereocenters. The van der Waals surface area contributed by atoms with Crippen molar-refractivity contribution in [3.8, 4) is 0 Å². The van der Waals surface area contributed by atoms with E-state index in [1.54, 1.807) is 17.9 Å². The van der Waals surface area contributed by atoms with E-state index < -0.39 is 0 Å². The number of carbonyl (C=O) groups excluding carboxylic acids is 1. The van der Waals surface area contributed by atoms with Gasteiger partial charge < -0.3 is 20.7 Å². The Kier molecular flexibility index (Phi) is 4.55. The van der Waals surface area contributed by atoms with Crippen LogP contribution in [0.25, 0.3) is 0 Å². The van der Waals surface area contributed by atoms with Crippen LogP contribution in [-0.2, 0) is 28.9 Å². The number of nitrogen functional groups attached to an aromatic ring is 1. The van der Waals surface area contributed by atoms with Crippen molar-refractivity contribution in [2.75, 3.05) is 31.2 Å². The van der Waals surface area contributed by atoms with E-state index in [1.165, 1.54) is 5.56 Å². The number of ether oxygens (including phenoxy) is 1. The number of methoxy groups -OCH3 is 1. The average Bonchev–Trinajstić information content (AvgIpc) is 3.34. The second kappa shape index (κ2) is 6.99. The van der Waals surface area contributed by atoms with E-state index in [1.807, 2.05) is 11.1 Å². The molecule has 1 amide bonds. The molecule has 2 aromatic rings. The van der Waals surface area contributed by atoms with Crippen LogP contribution in [-0.4, -0.2) is 52.9 Å². The number of anilines is 2. The third kappa shape index (κ3) is 3.39. The maximum atomic E-state index is 13.0. The van der Waals surface area contributed by atoms with Gasteiger partial charge in [0, 0.05) is 32.1 Å². The highest BCUT2D eigenvalue weighted by Gasteiger charge is 2.35. The van der Waals surface area contributed by atoms with Gasteiger partial charge in [-0.1, -0.05) is 12.1 Å². The summed E-state index contributed by atoms with van der Waals surface area (Å²) >= 11 is 0. The maximum absolute atomic E-state index is 13.0. The van der Waals surface area contributed by atoms with Gasteiger partial charge in [0.1, 0.15) is 5.82 Å². The molecule has 2 aliphatic heterocycles. The SMILES string of the molecule is CO[C@@H]1C[C@@H](Cn2ccc(N)n2)N(C(=O)Cc2ccc3c(c2)NCC3)C1. The summed E-state index contributed by atoms with van der Waals surface area (Å²) in [7, 11) is 1.70. The van der Waals surface area contributed by atoms with Gasteiger partial charge in [0.2, 0.25) is 5.91 Å². The largest absolute Gasteiger partial charge is 0.384 e. The molecule has 1 saturated heterocycles. The second-order valence-corrected chi connectivity index (χ2v) is 7.10. The molecular formula is C19H25N5O2. The van der Waals surface area contributed by atoms with Gasteiger partial charge in [-0.05, 0) is 36.1 Å². The number of hydrogen-bond acceptors (Lipinski definition) is 5. The number of nitrogens with two attached hydrogens (primary N) is 1. The highest BCUT2D eigenvalue weighted by molar-refractivity contribution is 5.80. The van der Waals surface area contributed by atoms with E-state index in [4.69, 9.17) is 10.5 Å². The zero-order valence-electron chi connectivity index (χ0n) is 15.0. The first-order valence-corrected chi connectivity index (χ1v) is 9.09. The monoisotopic (exact) mass is 355 g/mol. The van der Waals surface area contributed by atoms with Crippen LogP contribution in [0.4, 0.5) is 11.5 Å². The highest BCUT2D eigenvalue weighted by Crippen LogP contribution is 2.26. The molecule has 2 atom stereocenters. The van der Waals surface area contributed by atoms with Crippen molar-refractivity contribution in [1.29, 1.82) is 0 Å². The summed E-state index contributed by atoms with van der Waals surface area (Å²) in [6.07, 6.45) is 4.19. The van der Waals surface area contributed by atoms with Gasteiger partial charge in [0.25, 0.3) is 0 Å². The number of nitrogens with one attached hydrogen (secondary N) is 1. The molecule has 7 heteroatoms. The fourth-order valence-electron chi connectivity index (χ4n) is 3.94. The van der Waals surface area contributed by atoms with Gasteiger partial charge in [-0.2, -0.15) is 5.10 Å². The van der Waals surface area contributed by atoms with E-state index >= 15 is 0 Å². The second-order valence-electron chi connectivity index (χ2n) is 7.10. The number of benzene rings is 1. The Balaban J connectivity index is 1.47. The third-order valence-corrected chi connectivity index (χ3v) is 5.33. The summed E-state index contributed by atoms with van der Waals surface area (Å²) in [4.78, 5) is 14.9. The van der Waals surface area contributed by atoms with E-state index in [9.17, 15) is 4.79 Å². The van der Waals surface area contributed by atoms with Crippen molar-refractivity contribution in [2.24, 2.45) is 0 Å². The average molecular weight is 355 g/mol. The normalized spacial score (nSPS) is 21.7. The van der Waals surface area contributed by atoms with Crippen LogP contribution in [0.1, 0.15) is 17.5 Å². The molecule has 4 rings (SSSR count). The Labute approximate surface area is 153 Å². The Morgan fingerprint density at radius 2 is 2.31 bits per heavy atom. The lowest BCUT2D eigenvalue weighted by atomic mass is 10.1. The molecule has 1 fully saturated rings. The quantitative estimate of drug-likeness (QED) is 0.844. The number of carbonyl (C=O) groups is 1. The van der Waals surface area contributed by atoms with Crippen LogP contribution in [0, 0.1) is 0 Å². The molecule has 26 heavy (non-hydrogen) atoms. The van der Waals surface area contributed by atoms with Gasteiger partial charge >= 0.3 is 0 Å². The van der Waals surface area contributed by atoms with E-state index in [0.717, 1.165) is 30.6 Å². The molecule has 3 N–H and O–H groups in total. The van der Waals surface area contributed by atoms with E-state index in [2.05, 4.69) is 28.6 Å². The number of rotatable bonds is 5. The summed E-state index contributed by atoms with van der Waals surface area (Å²) in [5.41, 5.74) is 9.24. The minimum absolute atomic E-state index is 0.0681. The Morgan fingerprint density at radius 3 is 3.08 bits per heavy atom. The molecule has 1 aromatic carbocycles. The number of aromatic nitrogens is 2. The third-order valence-electron chi connectivity index (χ3n) is 5.33. The van der Waals surface area contributed by atoms with Crippen LogP contribution < -0.4 is 11.1 Å². The first-order chi connectivity index (χ1) is 12.6. The highest BCUT2D eigenvalue weighted by atomic mass is 16.5. The van der Waals surface area contributed by atoms with Gasteiger partial charge in [-0.15, -0.1) is 0 Å². The lowest BCUT2D eigenvalue weighted by Gasteiger charge is -2.24. The fourth-order valence-corrected chi connectivity index (χ4v) is 3.94. The maximum Gasteiger partial charge on any atom is 0.227 e. The van der Waals surface area contributed by atoms with Crippen LogP contribution in [0.2, 0.25) is 0 Å². The summed E-state index contributed by atoms with van der Waals surface area (Å²) in [5, 5.41) is 7.62. The molecule has 3 heterocycles. The summed E-state index contributed by atoms with van der Waals surface area (Å²) in [6, 6.07) is 8.14. The molecule has 0 saturated carbocycles. The topological polar surface area (TPSA) is 85.4 Å². The molecule has 0 aliphatic carbocycles.